The summed E-state index contributed by atoms with van der Waals surface area (Å²) in [5.74, 6) is 0.659. The molecule has 34 heavy (non-hydrogen) atoms. The smallest absolute Gasteiger partial charge is 0.164 e. The van der Waals surface area contributed by atoms with E-state index in [2.05, 4.69) is 50.0 Å². The van der Waals surface area contributed by atoms with Gasteiger partial charge in [-0.3, -0.25) is 4.79 Å². The number of hydrogen-bond donors (Lipinski definition) is 1. The van der Waals surface area contributed by atoms with Crippen LogP contribution in [0, 0.1) is 23.8 Å². The molecule has 3 aromatic rings. The largest absolute Gasteiger partial charge is 0.512 e. The molecule has 4 nitrogen and oxygen atoms in total. The van der Waals surface area contributed by atoms with Crippen molar-refractivity contribution in [1.82, 2.24) is 4.98 Å². The van der Waals surface area contributed by atoms with Crippen LogP contribution in [0.5, 0.6) is 0 Å². The second-order valence-electron chi connectivity index (χ2n) is 10.7. The average Bonchev–Trinajstić information content (AvgIpc) is 3.19. The van der Waals surface area contributed by atoms with Crippen molar-refractivity contribution in [3.05, 3.63) is 65.8 Å². The van der Waals surface area contributed by atoms with Gasteiger partial charge in [0.05, 0.1) is 12.5 Å². The zero-order chi connectivity index (χ0) is 25.0. The maximum Gasteiger partial charge on any atom is 0.164 e. The first-order chi connectivity index (χ1) is 15.2. The van der Waals surface area contributed by atoms with Crippen molar-refractivity contribution < 1.29 is 34.4 Å². The van der Waals surface area contributed by atoms with E-state index in [9.17, 15) is 9.90 Å². The number of rotatable bonds is 4. The van der Waals surface area contributed by atoms with Gasteiger partial charge in [-0.1, -0.05) is 74.8 Å². The fourth-order valence-corrected chi connectivity index (χ4v) is 2.97. The topological polar surface area (TPSA) is 63.3 Å². The van der Waals surface area contributed by atoms with Crippen LogP contribution in [0.3, 0.4) is 0 Å². The van der Waals surface area contributed by atoms with E-state index >= 15 is 0 Å². The second-order valence-corrected chi connectivity index (χ2v) is 10.7. The number of aliphatic hydroxyl groups excluding tert-OH is 1. The summed E-state index contributed by atoms with van der Waals surface area (Å²) in [6.07, 6.45) is 5.95. The van der Waals surface area contributed by atoms with Gasteiger partial charge in [0, 0.05) is 42.4 Å². The van der Waals surface area contributed by atoms with E-state index in [1.54, 1.807) is 12.5 Å². The Morgan fingerprint density at radius 2 is 1.79 bits per heavy atom. The minimum Gasteiger partial charge on any atom is -0.512 e. The molecule has 2 aromatic heterocycles. The molecule has 5 heteroatoms. The van der Waals surface area contributed by atoms with Crippen molar-refractivity contribution in [1.29, 1.82) is 0 Å². The molecule has 2 heterocycles. The van der Waals surface area contributed by atoms with Gasteiger partial charge in [0.15, 0.2) is 5.78 Å². The normalized spacial score (nSPS) is 13.0. The predicted molar refractivity (Wildman–Crippen MR) is 136 cm³/mol. The molecule has 0 saturated carbocycles. The average molecular weight is 641 g/mol. The molecule has 1 aromatic carbocycles. The van der Waals surface area contributed by atoms with Crippen LogP contribution in [0.25, 0.3) is 22.2 Å². The third-order valence-corrected chi connectivity index (χ3v) is 5.60. The number of carbonyl (C=O) groups is 1. The van der Waals surface area contributed by atoms with Crippen molar-refractivity contribution >= 4 is 16.8 Å². The molecule has 1 atom stereocenters. The first-order valence-electron chi connectivity index (χ1n) is 11.6. The van der Waals surface area contributed by atoms with Crippen LogP contribution in [0.15, 0.2) is 53.0 Å². The number of fused-ring (bicyclic) bond motifs is 1. The monoisotopic (exact) mass is 641 g/mol. The van der Waals surface area contributed by atoms with Crippen LogP contribution < -0.4 is 0 Å². The van der Waals surface area contributed by atoms with Gasteiger partial charge in [-0.25, -0.2) is 0 Å². The minimum atomic E-state index is -0.417. The van der Waals surface area contributed by atoms with Crippen LogP contribution in [-0.2, 0) is 24.9 Å². The number of pyridine rings is 1. The molecule has 0 amide bonds. The van der Waals surface area contributed by atoms with Crippen molar-refractivity contribution in [2.45, 2.75) is 74.7 Å². The number of furan rings is 1. The summed E-state index contributed by atoms with van der Waals surface area (Å²) in [6, 6.07) is 11.9. The third-order valence-electron chi connectivity index (χ3n) is 5.60. The van der Waals surface area contributed by atoms with E-state index < -0.39 is 5.41 Å². The summed E-state index contributed by atoms with van der Waals surface area (Å²) < 4.78 is 5.34. The molecule has 187 valence electrons. The van der Waals surface area contributed by atoms with E-state index in [1.807, 2.05) is 47.6 Å². The number of allylic oxidation sites excluding steroid dienone is 2. The van der Waals surface area contributed by atoms with Crippen molar-refractivity contribution in [3.63, 3.8) is 0 Å². The number of hydrogen-bond acceptors (Lipinski definition) is 4. The zero-order valence-electron chi connectivity index (χ0n) is 21.9. The Hall–Kier alpha value is -2.23. The van der Waals surface area contributed by atoms with Crippen molar-refractivity contribution in [2.75, 3.05) is 0 Å². The molecule has 0 spiro atoms. The Bertz CT molecular complexity index is 1130. The van der Waals surface area contributed by atoms with E-state index in [0.717, 1.165) is 34.2 Å². The van der Waals surface area contributed by atoms with E-state index in [-0.39, 0.29) is 37.1 Å². The molecular formula is C29H38IrNO3-. The zero-order valence-corrected chi connectivity index (χ0v) is 24.3. The molecule has 0 aliphatic rings. The number of benzene rings is 1. The minimum absolute atomic E-state index is 0. The van der Waals surface area contributed by atoms with Crippen molar-refractivity contribution in [3.8, 4) is 11.3 Å². The maximum absolute atomic E-state index is 11.5. The van der Waals surface area contributed by atoms with Crippen LogP contribution in [0.2, 0.25) is 0 Å². The van der Waals surface area contributed by atoms with Gasteiger partial charge in [-0.2, -0.15) is 0 Å². The number of aryl methyl sites for hydroxylation is 1. The first-order valence-corrected chi connectivity index (χ1v) is 11.6. The Labute approximate surface area is 218 Å². The predicted octanol–water partition coefficient (Wildman–Crippen LogP) is 8.20. The van der Waals surface area contributed by atoms with Gasteiger partial charge >= 0.3 is 0 Å². The summed E-state index contributed by atoms with van der Waals surface area (Å²) in [5.41, 5.74) is 4.58. The maximum atomic E-state index is 11.5. The number of carbonyl (C=O) groups excluding carboxylic acids is 1. The van der Waals surface area contributed by atoms with Crippen LogP contribution >= 0.6 is 0 Å². The fourth-order valence-electron chi connectivity index (χ4n) is 2.97. The van der Waals surface area contributed by atoms with Gasteiger partial charge < -0.3 is 14.5 Å². The summed E-state index contributed by atoms with van der Waals surface area (Å²) in [7, 11) is 0. The SMILES string of the molecule is CC(C)(C)C(=O)/C=C(\O)C(C)(C)C.CCC(C)c1cc(C)[c-]c(-c2cc3ccoc3cn2)c1.[Ir]. The van der Waals surface area contributed by atoms with Crippen LogP contribution in [-0.4, -0.2) is 15.9 Å². The number of aliphatic hydroxyl groups is 1. The Balaban J connectivity index is 0.000000364. The fraction of sp³-hybridized carbons (Fsp3) is 0.448. The molecule has 0 bridgehead atoms. The van der Waals surface area contributed by atoms with Crippen LogP contribution in [0.1, 0.15) is 78.9 Å². The molecular weight excluding hydrogens is 603 g/mol. The molecule has 0 aliphatic carbocycles. The summed E-state index contributed by atoms with van der Waals surface area (Å²) in [5, 5.41) is 10.6. The first kappa shape index (κ1) is 29.8. The summed E-state index contributed by atoms with van der Waals surface area (Å²) in [6.45, 7) is 17.7. The van der Waals surface area contributed by atoms with Crippen LogP contribution in [0.4, 0.5) is 0 Å². The standard InChI is InChI=1S/C18H18NO.C11H20O2.Ir/c1-4-13(3)15-7-12(2)8-16(9-15)17-10-14-5-6-20-18(14)11-19-17;1-10(2,3)8(12)7-9(13)11(4,5)6;/h5-7,9-11,13H,4H2,1-3H3;7,12H,1-6H3;/q-1;;/b;8-7-;. The molecule has 1 unspecified atom stereocenters. The molecule has 0 aliphatic heterocycles. The Kier molecular flexibility index (Phi) is 10.5. The molecule has 3 rings (SSSR count). The quantitative estimate of drug-likeness (QED) is 0.177. The van der Waals surface area contributed by atoms with Crippen molar-refractivity contribution in [2.24, 2.45) is 10.8 Å². The third kappa shape index (κ3) is 8.21. The molecule has 0 fully saturated rings. The van der Waals surface area contributed by atoms with Gasteiger partial charge in [0.1, 0.15) is 11.3 Å². The summed E-state index contributed by atoms with van der Waals surface area (Å²) >= 11 is 0. The number of aromatic nitrogens is 1. The van der Waals surface area contributed by atoms with Gasteiger partial charge in [-0.05, 0) is 17.7 Å². The Morgan fingerprint density at radius 1 is 1.15 bits per heavy atom. The molecule has 0 saturated heterocycles. The Morgan fingerprint density at radius 3 is 2.35 bits per heavy atom. The van der Waals surface area contributed by atoms with E-state index in [4.69, 9.17) is 4.42 Å². The molecule has 1 radical (unpaired) electrons. The van der Waals surface area contributed by atoms with Gasteiger partial charge in [-0.15, -0.1) is 34.9 Å². The molecule has 1 N–H and O–H groups in total. The van der Waals surface area contributed by atoms with Gasteiger partial charge in [0.2, 0.25) is 0 Å². The van der Waals surface area contributed by atoms with E-state index in [0.29, 0.717) is 5.92 Å². The summed E-state index contributed by atoms with van der Waals surface area (Å²) in [4.78, 5) is 16.0. The number of nitrogens with zero attached hydrogens (tertiary/aromatic N) is 1. The second kappa shape index (κ2) is 11.9. The number of ketones is 1. The van der Waals surface area contributed by atoms with Gasteiger partial charge in [0.25, 0.3) is 0 Å². The van der Waals surface area contributed by atoms with E-state index in [1.165, 1.54) is 11.6 Å².